The lowest BCUT2D eigenvalue weighted by Crippen LogP contribution is -2.43. The van der Waals surface area contributed by atoms with E-state index >= 15 is 0 Å². The van der Waals surface area contributed by atoms with E-state index in [0.29, 0.717) is 24.7 Å². The van der Waals surface area contributed by atoms with Crippen LogP contribution in [0.3, 0.4) is 0 Å². The molecule has 0 N–H and O–H groups in total. The molecule has 0 saturated heterocycles. The average molecular weight is 210 g/mol. The monoisotopic (exact) mass is 210 g/mol. The molecule has 0 aromatic carbocycles. The van der Waals surface area contributed by atoms with E-state index in [9.17, 15) is 9.18 Å². The topological polar surface area (TPSA) is 17.1 Å². The molecule has 2 aliphatic rings. The summed E-state index contributed by atoms with van der Waals surface area (Å²) in [6.07, 6.45) is 2.67. The fourth-order valence-electron chi connectivity index (χ4n) is 3.16. The van der Waals surface area contributed by atoms with Crippen molar-refractivity contribution in [2.24, 2.45) is 17.3 Å². The second-order valence-corrected chi connectivity index (χ2v) is 5.45. The number of carbonyl (C=O) groups is 1. The minimum absolute atomic E-state index is 0.0784. The summed E-state index contributed by atoms with van der Waals surface area (Å²) >= 11 is 0. The van der Waals surface area contributed by atoms with Crippen LogP contribution >= 0.6 is 0 Å². The lowest BCUT2D eigenvalue weighted by atomic mass is 9.57. The lowest BCUT2D eigenvalue weighted by molar-refractivity contribution is -0.116. The molecule has 0 heterocycles. The Morgan fingerprint density at radius 1 is 1.47 bits per heavy atom. The van der Waals surface area contributed by atoms with Gasteiger partial charge in [0.1, 0.15) is 6.17 Å². The summed E-state index contributed by atoms with van der Waals surface area (Å²) in [7, 11) is 0. The van der Waals surface area contributed by atoms with Crippen LogP contribution in [-0.2, 0) is 4.79 Å². The van der Waals surface area contributed by atoms with Gasteiger partial charge in [-0.1, -0.05) is 20.8 Å². The van der Waals surface area contributed by atoms with Crippen LogP contribution < -0.4 is 0 Å². The molecular formula is C13H19FO. The van der Waals surface area contributed by atoms with Gasteiger partial charge in [-0.15, -0.1) is 0 Å². The third-order valence-corrected chi connectivity index (χ3v) is 4.64. The highest BCUT2D eigenvalue weighted by atomic mass is 19.1. The van der Waals surface area contributed by atoms with Gasteiger partial charge in [-0.05, 0) is 41.7 Å². The standard InChI is InChI=1S/C13H19FO/c1-8-6-12(14)11-7-10(15)4-5-13(11,3)9(8)2/h7-9,12H,4-6H2,1-3H3/t8?,9?,12-,13-/m1/s1. The van der Waals surface area contributed by atoms with Crippen LogP contribution in [0.25, 0.3) is 0 Å². The highest BCUT2D eigenvalue weighted by Gasteiger charge is 2.47. The van der Waals surface area contributed by atoms with Crippen molar-refractivity contribution in [3.8, 4) is 0 Å². The van der Waals surface area contributed by atoms with Gasteiger partial charge >= 0.3 is 0 Å². The molecule has 0 spiro atoms. The highest BCUT2D eigenvalue weighted by molar-refractivity contribution is 5.91. The average Bonchev–Trinajstić information content (AvgIpc) is 2.18. The van der Waals surface area contributed by atoms with Crippen LogP contribution in [-0.4, -0.2) is 12.0 Å². The molecule has 84 valence electrons. The molecule has 15 heavy (non-hydrogen) atoms. The highest BCUT2D eigenvalue weighted by Crippen LogP contribution is 2.52. The first kappa shape index (κ1) is 10.8. The number of hydrogen-bond acceptors (Lipinski definition) is 1. The van der Waals surface area contributed by atoms with E-state index in [-0.39, 0.29) is 11.2 Å². The fraction of sp³-hybridized carbons (Fsp3) is 0.769. The zero-order chi connectivity index (χ0) is 11.2. The van der Waals surface area contributed by atoms with Gasteiger partial charge in [0.05, 0.1) is 0 Å². The number of hydrogen-bond donors (Lipinski definition) is 0. The molecule has 1 saturated carbocycles. The minimum Gasteiger partial charge on any atom is -0.295 e. The molecular weight excluding hydrogens is 191 g/mol. The number of halogens is 1. The Morgan fingerprint density at radius 2 is 2.13 bits per heavy atom. The molecule has 2 unspecified atom stereocenters. The zero-order valence-electron chi connectivity index (χ0n) is 9.72. The van der Waals surface area contributed by atoms with Crippen LogP contribution in [0.4, 0.5) is 4.39 Å². The first-order valence-corrected chi connectivity index (χ1v) is 5.84. The maximum atomic E-state index is 13.9. The lowest BCUT2D eigenvalue weighted by Gasteiger charge is -2.48. The number of alkyl halides is 1. The quantitative estimate of drug-likeness (QED) is 0.599. The molecule has 2 rings (SSSR count). The predicted molar refractivity (Wildman–Crippen MR) is 58.3 cm³/mol. The largest absolute Gasteiger partial charge is 0.295 e. The molecule has 2 heteroatoms. The van der Waals surface area contributed by atoms with Crippen LogP contribution in [0.2, 0.25) is 0 Å². The number of fused-ring (bicyclic) bond motifs is 1. The Hall–Kier alpha value is -0.660. The minimum atomic E-state index is -0.898. The molecule has 4 atom stereocenters. The Kier molecular flexibility index (Phi) is 2.48. The maximum absolute atomic E-state index is 13.9. The molecule has 1 nitrogen and oxygen atoms in total. The smallest absolute Gasteiger partial charge is 0.155 e. The Bertz CT molecular complexity index is 320. The van der Waals surface area contributed by atoms with Crippen molar-refractivity contribution in [1.82, 2.24) is 0 Å². The van der Waals surface area contributed by atoms with Crippen molar-refractivity contribution in [1.29, 1.82) is 0 Å². The summed E-state index contributed by atoms with van der Waals surface area (Å²) in [5.41, 5.74) is 0.690. The van der Waals surface area contributed by atoms with Gasteiger partial charge in [-0.25, -0.2) is 4.39 Å². The first-order chi connectivity index (χ1) is 6.95. The molecule has 0 aliphatic heterocycles. The van der Waals surface area contributed by atoms with Gasteiger partial charge in [0, 0.05) is 6.42 Å². The van der Waals surface area contributed by atoms with Crippen molar-refractivity contribution in [2.75, 3.05) is 0 Å². The number of allylic oxidation sites excluding steroid dienone is 2. The zero-order valence-corrected chi connectivity index (χ0v) is 9.72. The third-order valence-electron chi connectivity index (χ3n) is 4.64. The van der Waals surface area contributed by atoms with Crippen molar-refractivity contribution >= 4 is 5.78 Å². The predicted octanol–water partition coefficient (Wildman–Crippen LogP) is 3.30. The van der Waals surface area contributed by atoms with E-state index in [2.05, 4.69) is 20.8 Å². The molecule has 0 aromatic rings. The van der Waals surface area contributed by atoms with Gasteiger partial charge in [-0.3, -0.25) is 4.79 Å². The molecule has 2 aliphatic carbocycles. The van der Waals surface area contributed by atoms with Gasteiger partial charge in [-0.2, -0.15) is 0 Å². The summed E-state index contributed by atoms with van der Waals surface area (Å²) in [5.74, 6) is 0.992. The van der Waals surface area contributed by atoms with E-state index in [0.717, 1.165) is 12.0 Å². The molecule has 0 radical (unpaired) electrons. The summed E-state index contributed by atoms with van der Waals surface area (Å²) in [6, 6.07) is 0. The number of ketones is 1. The van der Waals surface area contributed by atoms with Gasteiger partial charge in [0.15, 0.2) is 5.78 Å². The van der Waals surface area contributed by atoms with Gasteiger partial charge in [0.2, 0.25) is 0 Å². The Balaban J connectivity index is 2.42. The molecule has 0 bridgehead atoms. The van der Waals surface area contributed by atoms with Crippen LogP contribution in [0, 0.1) is 17.3 Å². The van der Waals surface area contributed by atoms with E-state index in [1.54, 1.807) is 6.08 Å². The van der Waals surface area contributed by atoms with E-state index in [4.69, 9.17) is 0 Å². The maximum Gasteiger partial charge on any atom is 0.155 e. The van der Waals surface area contributed by atoms with Crippen LogP contribution in [0.1, 0.15) is 40.0 Å². The van der Waals surface area contributed by atoms with Crippen LogP contribution in [0.5, 0.6) is 0 Å². The second kappa shape index (κ2) is 3.43. The Labute approximate surface area is 90.7 Å². The molecule has 1 fully saturated rings. The second-order valence-electron chi connectivity index (χ2n) is 5.45. The summed E-state index contributed by atoms with van der Waals surface area (Å²) < 4.78 is 13.9. The van der Waals surface area contributed by atoms with E-state index in [1.807, 2.05) is 0 Å². The number of carbonyl (C=O) groups excluding carboxylic acids is 1. The fourth-order valence-corrected chi connectivity index (χ4v) is 3.16. The molecule has 0 amide bonds. The summed E-state index contributed by atoms with van der Waals surface area (Å²) in [5, 5.41) is 0. The van der Waals surface area contributed by atoms with Crippen molar-refractivity contribution in [2.45, 2.75) is 46.2 Å². The van der Waals surface area contributed by atoms with Crippen molar-refractivity contribution in [3.05, 3.63) is 11.6 Å². The first-order valence-electron chi connectivity index (χ1n) is 5.84. The summed E-state index contributed by atoms with van der Waals surface area (Å²) in [6.45, 7) is 6.44. The SMILES string of the molecule is CC1C[C@@H](F)C2=CC(=O)CC[C@]2(C)C1C. The third kappa shape index (κ3) is 1.54. The van der Waals surface area contributed by atoms with Crippen molar-refractivity contribution < 1.29 is 9.18 Å². The number of rotatable bonds is 0. The van der Waals surface area contributed by atoms with Crippen molar-refractivity contribution in [3.63, 3.8) is 0 Å². The van der Waals surface area contributed by atoms with Gasteiger partial charge < -0.3 is 0 Å². The Morgan fingerprint density at radius 3 is 2.80 bits per heavy atom. The van der Waals surface area contributed by atoms with Crippen LogP contribution in [0.15, 0.2) is 11.6 Å². The van der Waals surface area contributed by atoms with Gasteiger partial charge in [0.25, 0.3) is 0 Å². The van der Waals surface area contributed by atoms with E-state index < -0.39 is 6.17 Å². The van der Waals surface area contributed by atoms with E-state index in [1.165, 1.54) is 0 Å². The summed E-state index contributed by atoms with van der Waals surface area (Å²) in [4.78, 5) is 11.4. The molecule has 0 aromatic heterocycles. The normalized spacial score (nSPS) is 46.0.